The zero-order valence-electron chi connectivity index (χ0n) is 15.0. The maximum absolute atomic E-state index is 11.5. The summed E-state index contributed by atoms with van der Waals surface area (Å²) in [4.78, 5) is 6.50. The minimum Gasteiger partial charge on any atom is -0.378 e. The predicted octanol–water partition coefficient (Wildman–Crippen LogP) is 0.993. The number of aliphatic imine (C=N–C) groups is 1. The van der Waals surface area contributed by atoms with Crippen molar-refractivity contribution in [2.75, 3.05) is 49.8 Å². The van der Waals surface area contributed by atoms with Gasteiger partial charge in [-0.3, -0.25) is 4.99 Å². The summed E-state index contributed by atoms with van der Waals surface area (Å²) in [5, 5.41) is 6.44. The number of nitrogens with one attached hydrogen (secondary N) is 2. The maximum Gasteiger partial charge on any atom is 0.191 e. The van der Waals surface area contributed by atoms with E-state index in [1.54, 1.807) is 7.05 Å². The molecule has 1 aromatic rings. The van der Waals surface area contributed by atoms with Crippen molar-refractivity contribution in [1.82, 2.24) is 10.6 Å². The lowest BCUT2D eigenvalue weighted by atomic mass is 10.2. The van der Waals surface area contributed by atoms with Gasteiger partial charge in [-0.1, -0.05) is 12.1 Å². The fourth-order valence-corrected chi connectivity index (χ4v) is 4.80. The van der Waals surface area contributed by atoms with Gasteiger partial charge in [0.15, 0.2) is 15.8 Å². The molecule has 2 aliphatic heterocycles. The van der Waals surface area contributed by atoms with E-state index in [9.17, 15) is 8.42 Å². The van der Waals surface area contributed by atoms with E-state index < -0.39 is 9.84 Å². The van der Waals surface area contributed by atoms with Crippen LogP contribution in [0.3, 0.4) is 0 Å². The van der Waals surface area contributed by atoms with Crippen LogP contribution in [0, 0.1) is 0 Å². The third-order valence-electron chi connectivity index (χ3n) is 4.57. The van der Waals surface area contributed by atoms with Crippen LogP contribution in [-0.2, 0) is 21.1 Å². The average Bonchev–Trinajstić information content (AvgIpc) is 2.98. The molecule has 3 rings (SSSR count). The molecular formula is C17H27IN4O3S. The summed E-state index contributed by atoms with van der Waals surface area (Å²) in [6, 6.07) is 8.40. The number of benzene rings is 1. The van der Waals surface area contributed by atoms with E-state index >= 15 is 0 Å². The summed E-state index contributed by atoms with van der Waals surface area (Å²) in [5.41, 5.74) is 2.37. The van der Waals surface area contributed by atoms with Crippen LogP contribution in [0.4, 0.5) is 5.69 Å². The molecule has 2 fully saturated rings. The Morgan fingerprint density at radius 3 is 2.54 bits per heavy atom. The van der Waals surface area contributed by atoms with Gasteiger partial charge < -0.3 is 20.3 Å². The lowest BCUT2D eigenvalue weighted by Gasteiger charge is -2.29. The molecule has 0 bridgehead atoms. The molecule has 1 unspecified atom stereocenters. The summed E-state index contributed by atoms with van der Waals surface area (Å²) in [6.07, 6.45) is 0.636. The SMILES string of the molecule is CN=C(NCc1ccc(N2CCOCC2)cc1)NC1CCS(=O)(=O)C1.I. The van der Waals surface area contributed by atoms with Gasteiger partial charge in [-0.2, -0.15) is 0 Å². The van der Waals surface area contributed by atoms with Crippen molar-refractivity contribution in [3.05, 3.63) is 29.8 Å². The fraction of sp³-hybridized carbons (Fsp3) is 0.588. The molecule has 2 aliphatic rings. The summed E-state index contributed by atoms with van der Waals surface area (Å²) < 4.78 is 28.5. The number of guanidine groups is 1. The summed E-state index contributed by atoms with van der Waals surface area (Å²) in [7, 11) is -1.20. The van der Waals surface area contributed by atoms with Crippen LogP contribution >= 0.6 is 24.0 Å². The van der Waals surface area contributed by atoms with E-state index in [4.69, 9.17) is 4.74 Å². The number of ether oxygens (including phenoxy) is 1. The molecule has 1 atom stereocenters. The quantitative estimate of drug-likeness (QED) is 0.369. The van der Waals surface area contributed by atoms with Gasteiger partial charge in [-0.25, -0.2) is 8.42 Å². The number of hydrogen-bond donors (Lipinski definition) is 2. The van der Waals surface area contributed by atoms with E-state index in [1.807, 2.05) is 0 Å². The molecule has 26 heavy (non-hydrogen) atoms. The van der Waals surface area contributed by atoms with E-state index in [1.165, 1.54) is 5.69 Å². The van der Waals surface area contributed by atoms with Crippen molar-refractivity contribution < 1.29 is 13.2 Å². The van der Waals surface area contributed by atoms with Gasteiger partial charge in [0.05, 0.1) is 24.7 Å². The molecule has 0 spiro atoms. The Morgan fingerprint density at radius 2 is 1.96 bits per heavy atom. The van der Waals surface area contributed by atoms with Crippen LogP contribution in [-0.4, -0.2) is 65.3 Å². The largest absolute Gasteiger partial charge is 0.378 e. The van der Waals surface area contributed by atoms with Gasteiger partial charge in [0.2, 0.25) is 0 Å². The highest BCUT2D eigenvalue weighted by molar-refractivity contribution is 14.0. The number of nitrogens with zero attached hydrogens (tertiary/aromatic N) is 2. The zero-order chi connectivity index (χ0) is 17.7. The Balaban J connectivity index is 0.00000243. The number of morpholine rings is 1. The molecule has 2 saturated heterocycles. The van der Waals surface area contributed by atoms with Gasteiger partial charge >= 0.3 is 0 Å². The van der Waals surface area contributed by atoms with E-state index in [0.29, 0.717) is 18.9 Å². The Morgan fingerprint density at radius 1 is 1.27 bits per heavy atom. The van der Waals surface area contributed by atoms with E-state index in [0.717, 1.165) is 31.9 Å². The summed E-state index contributed by atoms with van der Waals surface area (Å²) >= 11 is 0. The second-order valence-corrected chi connectivity index (χ2v) is 8.66. The molecule has 7 nitrogen and oxygen atoms in total. The molecule has 0 aliphatic carbocycles. The fourth-order valence-electron chi connectivity index (χ4n) is 3.13. The lowest BCUT2D eigenvalue weighted by molar-refractivity contribution is 0.122. The second kappa shape index (κ2) is 9.75. The van der Waals surface area contributed by atoms with Crippen molar-refractivity contribution in [3.8, 4) is 0 Å². The molecule has 0 aromatic heterocycles. The number of anilines is 1. The third-order valence-corrected chi connectivity index (χ3v) is 6.34. The first-order chi connectivity index (χ1) is 12.1. The van der Waals surface area contributed by atoms with Gasteiger partial charge in [-0.05, 0) is 24.1 Å². The molecule has 1 aromatic carbocycles. The topological polar surface area (TPSA) is 83.0 Å². The smallest absolute Gasteiger partial charge is 0.191 e. The lowest BCUT2D eigenvalue weighted by Crippen LogP contribution is -2.43. The minimum atomic E-state index is -2.89. The number of halogens is 1. The van der Waals surface area contributed by atoms with Crippen molar-refractivity contribution >= 4 is 45.5 Å². The molecular weight excluding hydrogens is 467 g/mol. The van der Waals surface area contributed by atoms with Crippen LogP contribution in [0.15, 0.2) is 29.3 Å². The molecule has 146 valence electrons. The standard InChI is InChI=1S/C17H26N4O3S.HI/c1-18-17(20-15-6-11-25(22,23)13-15)19-12-14-2-4-16(5-3-14)21-7-9-24-10-8-21;/h2-5,15H,6-13H2,1H3,(H2,18,19,20);1H. The molecule has 2 heterocycles. The Bertz CT molecular complexity index is 703. The molecule has 0 amide bonds. The third kappa shape index (κ3) is 5.98. The van der Waals surface area contributed by atoms with Crippen molar-refractivity contribution in [2.45, 2.75) is 19.0 Å². The molecule has 0 radical (unpaired) electrons. The second-order valence-electron chi connectivity index (χ2n) is 6.44. The highest BCUT2D eigenvalue weighted by Gasteiger charge is 2.28. The zero-order valence-corrected chi connectivity index (χ0v) is 18.1. The average molecular weight is 494 g/mol. The van der Waals surface area contributed by atoms with Gasteiger partial charge in [0.1, 0.15) is 0 Å². The monoisotopic (exact) mass is 494 g/mol. The van der Waals surface area contributed by atoms with Gasteiger partial charge in [0.25, 0.3) is 0 Å². The van der Waals surface area contributed by atoms with Crippen LogP contribution in [0.5, 0.6) is 0 Å². The van der Waals surface area contributed by atoms with Crippen LogP contribution < -0.4 is 15.5 Å². The number of rotatable bonds is 4. The van der Waals surface area contributed by atoms with Gasteiger partial charge in [0, 0.05) is 38.4 Å². The Labute approximate surface area is 172 Å². The first kappa shape index (κ1) is 21.2. The molecule has 0 saturated carbocycles. The van der Waals surface area contributed by atoms with Gasteiger partial charge in [-0.15, -0.1) is 24.0 Å². The van der Waals surface area contributed by atoms with E-state index in [-0.39, 0.29) is 41.5 Å². The van der Waals surface area contributed by atoms with Crippen LogP contribution in [0.2, 0.25) is 0 Å². The van der Waals surface area contributed by atoms with Crippen LogP contribution in [0.1, 0.15) is 12.0 Å². The maximum atomic E-state index is 11.5. The summed E-state index contributed by atoms with van der Waals surface area (Å²) in [6.45, 7) is 4.06. The highest BCUT2D eigenvalue weighted by atomic mass is 127. The Hall–Kier alpha value is -1.07. The predicted molar refractivity (Wildman–Crippen MR) is 115 cm³/mol. The van der Waals surface area contributed by atoms with E-state index in [2.05, 4.69) is 44.8 Å². The minimum absolute atomic E-state index is 0. The Kier molecular flexibility index (Phi) is 7.96. The van der Waals surface area contributed by atoms with Crippen molar-refractivity contribution in [2.24, 2.45) is 4.99 Å². The molecule has 2 N–H and O–H groups in total. The summed E-state index contributed by atoms with van der Waals surface area (Å²) in [5.74, 6) is 1.08. The normalized spacial score (nSPS) is 22.6. The first-order valence-electron chi connectivity index (χ1n) is 8.65. The van der Waals surface area contributed by atoms with Crippen molar-refractivity contribution in [3.63, 3.8) is 0 Å². The number of sulfone groups is 1. The highest BCUT2D eigenvalue weighted by Crippen LogP contribution is 2.16. The molecule has 9 heteroatoms. The van der Waals surface area contributed by atoms with Crippen molar-refractivity contribution in [1.29, 1.82) is 0 Å². The van der Waals surface area contributed by atoms with Crippen LogP contribution in [0.25, 0.3) is 0 Å². The first-order valence-corrected chi connectivity index (χ1v) is 10.5. The number of hydrogen-bond acceptors (Lipinski definition) is 5.